The Morgan fingerprint density at radius 3 is 2.63 bits per heavy atom. The van der Waals surface area contributed by atoms with Gasteiger partial charge in [-0.25, -0.2) is 14.8 Å². The van der Waals surface area contributed by atoms with Crippen LogP contribution in [0.15, 0.2) is 36.9 Å². The molecule has 0 fully saturated rings. The Hall–Kier alpha value is -2.83. The van der Waals surface area contributed by atoms with Crippen LogP contribution in [0.5, 0.6) is 0 Å². The predicted molar refractivity (Wildman–Crippen MR) is 64.4 cm³/mol. The maximum atomic E-state index is 11.7. The molecule has 19 heavy (non-hydrogen) atoms. The minimum Gasteiger partial charge on any atom is -0.478 e. The van der Waals surface area contributed by atoms with Crippen molar-refractivity contribution in [3.63, 3.8) is 0 Å². The fourth-order valence-corrected chi connectivity index (χ4v) is 1.34. The Morgan fingerprint density at radius 1 is 1.21 bits per heavy atom. The summed E-state index contributed by atoms with van der Waals surface area (Å²) < 4.78 is 0. The summed E-state index contributed by atoms with van der Waals surface area (Å²) in [5.74, 6) is -1.48. The fourth-order valence-electron chi connectivity index (χ4n) is 1.34. The van der Waals surface area contributed by atoms with Crippen molar-refractivity contribution >= 4 is 11.9 Å². The Balaban J connectivity index is 1.98. The molecule has 0 aliphatic heterocycles. The SMILES string of the molecule is O=C(O)c1ccc(C(=O)NCc2ccncn2)nc1. The van der Waals surface area contributed by atoms with E-state index in [0.29, 0.717) is 5.69 Å². The van der Waals surface area contributed by atoms with E-state index in [-0.39, 0.29) is 17.8 Å². The average molecular weight is 258 g/mol. The summed E-state index contributed by atoms with van der Waals surface area (Å²) in [7, 11) is 0. The molecule has 96 valence electrons. The van der Waals surface area contributed by atoms with Gasteiger partial charge in [0.1, 0.15) is 12.0 Å². The predicted octanol–water partition coefficient (Wildman–Crippen LogP) is 0.500. The quantitative estimate of drug-likeness (QED) is 0.827. The number of pyridine rings is 1. The van der Waals surface area contributed by atoms with E-state index in [0.717, 1.165) is 6.20 Å². The number of aromatic nitrogens is 3. The molecule has 2 rings (SSSR count). The van der Waals surface area contributed by atoms with Crippen LogP contribution in [-0.2, 0) is 6.54 Å². The van der Waals surface area contributed by atoms with Gasteiger partial charge in [0.2, 0.25) is 0 Å². The lowest BCUT2D eigenvalue weighted by molar-refractivity contribution is 0.0695. The van der Waals surface area contributed by atoms with Gasteiger partial charge in [-0.2, -0.15) is 0 Å². The molecular formula is C12H10N4O3. The van der Waals surface area contributed by atoms with Crippen LogP contribution in [0.4, 0.5) is 0 Å². The zero-order chi connectivity index (χ0) is 13.7. The van der Waals surface area contributed by atoms with E-state index in [1.807, 2.05) is 0 Å². The Labute approximate surface area is 108 Å². The van der Waals surface area contributed by atoms with E-state index in [4.69, 9.17) is 5.11 Å². The molecule has 0 aliphatic carbocycles. The molecule has 0 saturated carbocycles. The van der Waals surface area contributed by atoms with Gasteiger partial charge >= 0.3 is 5.97 Å². The molecule has 0 spiro atoms. The maximum absolute atomic E-state index is 11.7. The van der Waals surface area contributed by atoms with Crippen LogP contribution >= 0.6 is 0 Å². The van der Waals surface area contributed by atoms with Gasteiger partial charge in [0.15, 0.2) is 0 Å². The second kappa shape index (κ2) is 5.67. The smallest absolute Gasteiger partial charge is 0.337 e. The second-order valence-electron chi connectivity index (χ2n) is 3.62. The van der Waals surface area contributed by atoms with E-state index in [1.165, 1.54) is 18.5 Å². The topological polar surface area (TPSA) is 105 Å². The minimum atomic E-state index is -1.08. The molecule has 0 aromatic carbocycles. The van der Waals surface area contributed by atoms with Crippen LogP contribution in [-0.4, -0.2) is 31.9 Å². The third kappa shape index (κ3) is 3.32. The number of carbonyl (C=O) groups excluding carboxylic acids is 1. The molecule has 0 atom stereocenters. The van der Waals surface area contributed by atoms with Crippen LogP contribution < -0.4 is 5.32 Å². The number of carboxylic acid groups (broad SMARTS) is 1. The number of hydrogen-bond acceptors (Lipinski definition) is 5. The van der Waals surface area contributed by atoms with Crippen molar-refractivity contribution in [2.24, 2.45) is 0 Å². The number of carbonyl (C=O) groups is 2. The van der Waals surface area contributed by atoms with Gasteiger partial charge in [0.25, 0.3) is 5.91 Å². The first-order chi connectivity index (χ1) is 9.16. The highest BCUT2D eigenvalue weighted by molar-refractivity contribution is 5.93. The van der Waals surface area contributed by atoms with Crippen LogP contribution in [0.25, 0.3) is 0 Å². The highest BCUT2D eigenvalue weighted by Crippen LogP contribution is 2.01. The molecule has 2 heterocycles. The van der Waals surface area contributed by atoms with E-state index in [2.05, 4.69) is 20.3 Å². The lowest BCUT2D eigenvalue weighted by Crippen LogP contribution is -2.24. The largest absolute Gasteiger partial charge is 0.478 e. The Morgan fingerprint density at radius 2 is 2.05 bits per heavy atom. The summed E-state index contributed by atoms with van der Waals surface area (Å²) >= 11 is 0. The molecule has 7 heteroatoms. The van der Waals surface area contributed by atoms with E-state index in [9.17, 15) is 9.59 Å². The molecule has 2 N–H and O–H groups in total. The van der Waals surface area contributed by atoms with Crippen molar-refractivity contribution in [1.82, 2.24) is 20.3 Å². The molecule has 2 aromatic rings. The third-order valence-corrected chi connectivity index (χ3v) is 2.32. The van der Waals surface area contributed by atoms with Crippen molar-refractivity contribution in [3.05, 3.63) is 53.9 Å². The first-order valence-electron chi connectivity index (χ1n) is 5.39. The zero-order valence-electron chi connectivity index (χ0n) is 9.78. The van der Waals surface area contributed by atoms with E-state index < -0.39 is 11.9 Å². The van der Waals surface area contributed by atoms with Crippen molar-refractivity contribution < 1.29 is 14.7 Å². The number of amides is 1. The lowest BCUT2D eigenvalue weighted by atomic mass is 10.2. The maximum Gasteiger partial charge on any atom is 0.337 e. The number of carboxylic acids is 1. The fraction of sp³-hybridized carbons (Fsp3) is 0.0833. The Kier molecular flexibility index (Phi) is 3.77. The molecular weight excluding hydrogens is 248 g/mol. The molecule has 0 bridgehead atoms. The highest BCUT2D eigenvalue weighted by Gasteiger charge is 2.09. The van der Waals surface area contributed by atoms with Crippen molar-refractivity contribution in [2.45, 2.75) is 6.54 Å². The van der Waals surface area contributed by atoms with Crippen molar-refractivity contribution in [3.8, 4) is 0 Å². The number of aromatic carboxylic acids is 1. The van der Waals surface area contributed by atoms with Crippen LogP contribution in [0.3, 0.4) is 0 Å². The monoisotopic (exact) mass is 258 g/mol. The molecule has 0 aliphatic rings. The normalized spacial score (nSPS) is 9.89. The van der Waals surface area contributed by atoms with Gasteiger partial charge in [-0.05, 0) is 18.2 Å². The molecule has 0 radical (unpaired) electrons. The number of rotatable bonds is 4. The second-order valence-corrected chi connectivity index (χ2v) is 3.62. The van der Waals surface area contributed by atoms with Gasteiger partial charge in [0.05, 0.1) is 17.8 Å². The summed E-state index contributed by atoms with van der Waals surface area (Å²) in [6.45, 7) is 0.254. The molecule has 2 aromatic heterocycles. The standard InChI is InChI=1S/C12H10N4O3/c17-11(15-6-9-3-4-13-7-16-9)10-2-1-8(5-14-10)12(18)19/h1-5,7H,6H2,(H,15,17)(H,18,19). The summed E-state index contributed by atoms with van der Waals surface area (Å²) in [5, 5.41) is 11.3. The number of nitrogens with one attached hydrogen (secondary N) is 1. The Bertz CT molecular complexity index is 584. The highest BCUT2D eigenvalue weighted by atomic mass is 16.4. The molecule has 0 unspecified atom stereocenters. The van der Waals surface area contributed by atoms with Gasteiger partial charge in [-0.1, -0.05) is 0 Å². The first kappa shape index (κ1) is 12.6. The van der Waals surface area contributed by atoms with Crippen LogP contribution in [0.1, 0.15) is 26.5 Å². The van der Waals surface area contributed by atoms with Gasteiger partial charge in [-0.3, -0.25) is 9.78 Å². The third-order valence-electron chi connectivity index (χ3n) is 2.32. The van der Waals surface area contributed by atoms with Crippen LogP contribution in [0.2, 0.25) is 0 Å². The van der Waals surface area contributed by atoms with E-state index >= 15 is 0 Å². The number of hydrogen-bond donors (Lipinski definition) is 2. The lowest BCUT2D eigenvalue weighted by Gasteiger charge is -2.04. The van der Waals surface area contributed by atoms with Crippen LogP contribution in [0, 0.1) is 0 Å². The summed E-state index contributed by atoms with van der Waals surface area (Å²) in [6, 6.07) is 4.37. The van der Waals surface area contributed by atoms with Gasteiger partial charge in [0, 0.05) is 12.4 Å². The number of nitrogens with zero attached hydrogens (tertiary/aromatic N) is 3. The summed E-state index contributed by atoms with van der Waals surface area (Å²) in [6.07, 6.45) is 4.11. The zero-order valence-corrected chi connectivity index (χ0v) is 9.78. The van der Waals surface area contributed by atoms with Gasteiger partial charge in [-0.15, -0.1) is 0 Å². The van der Waals surface area contributed by atoms with Crippen molar-refractivity contribution in [1.29, 1.82) is 0 Å². The average Bonchev–Trinajstić information content (AvgIpc) is 2.46. The summed E-state index contributed by atoms with van der Waals surface area (Å²) in [4.78, 5) is 33.9. The minimum absolute atomic E-state index is 0.0346. The summed E-state index contributed by atoms with van der Waals surface area (Å²) in [5.41, 5.74) is 0.858. The van der Waals surface area contributed by atoms with Crippen molar-refractivity contribution in [2.75, 3.05) is 0 Å². The molecule has 0 saturated heterocycles. The van der Waals surface area contributed by atoms with E-state index in [1.54, 1.807) is 12.3 Å². The molecule has 1 amide bonds. The first-order valence-corrected chi connectivity index (χ1v) is 5.39. The molecule has 7 nitrogen and oxygen atoms in total. The van der Waals surface area contributed by atoms with Gasteiger partial charge < -0.3 is 10.4 Å².